The average molecular weight is 557 g/mol. The predicted octanol–water partition coefficient (Wildman–Crippen LogP) is 3.47. The number of aryl methyl sites for hydroxylation is 2. The molecule has 1 amide bonds. The summed E-state index contributed by atoms with van der Waals surface area (Å²) in [6.45, 7) is 14.3. The smallest absolute Gasteiger partial charge is 0.408 e. The Balaban J connectivity index is 0.00000512. The van der Waals surface area contributed by atoms with Crippen molar-refractivity contribution in [2.45, 2.75) is 66.2 Å². The number of nitrogens with zero attached hydrogens (tertiary/aromatic N) is 4. The van der Waals surface area contributed by atoms with Gasteiger partial charge in [0.15, 0.2) is 11.8 Å². The van der Waals surface area contributed by atoms with Crippen LogP contribution in [0.15, 0.2) is 29.4 Å². The molecule has 0 aliphatic carbocycles. The van der Waals surface area contributed by atoms with Gasteiger partial charge in [-0.25, -0.2) is 14.5 Å². The molecule has 10 heteroatoms. The Morgan fingerprint density at radius 3 is 2.34 bits per heavy atom. The van der Waals surface area contributed by atoms with Gasteiger partial charge in [0.1, 0.15) is 5.60 Å². The second-order valence-corrected chi connectivity index (χ2v) is 9.15. The summed E-state index contributed by atoms with van der Waals surface area (Å²) in [5.41, 5.74) is 1.96. The average Bonchev–Trinajstić information content (AvgIpc) is 2.98. The molecule has 0 unspecified atom stereocenters. The molecule has 0 aliphatic rings. The number of hydrogen-bond donors (Lipinski definition) is 3. The summed E-state index contributed by atoms with van der Waals surface area (Å²) in [4.78, 5) is 20.8. The Bertz CT molecular complexity index is 915. The molecule has 178 valence electrons. The zero-order valence-electron chi connectivity index (χ0n) is 20.2. The largest absolute Gasteiger partial charge is 0.444 e. The molecule has 0 saturated heterocycles. The summed E-state index contributed by atoms with van der Waals surface area (Å²) >= 11 is 0. The van der Waals surface area contributed by atoms with E-state index in [-0.39, 0.29) is 24.0 Å². The Morgan fingerprint density at radius 1 is 1.16 bits per heavy atom. The van der Waals surface area contributed by atoms with Gasteiger partial charge in [-0.2, -0.15) is 5.10 Å². The zero-order chi connectivity index (χ0) is 23.2. The number of amides is 1. The Morgan fingerprint density at radius 2 is 1.84 bits per heavy atom. The number of guanidine groups is 1. The van der Waals surface area contributed by atoms with E-state index < -0.39 is 17.2 Å². The van der Waals surface area contributed by atoms with Crippen molar-refractivity contribution >= 4 is 36.0 Å². The van der Waals surface area contributed by atoms with Gasteiger partial charge < -0.3 is 20.7 Å². The maximum atomic E-state index is 12.0. The van der Waals surface area contributed by atoms with Crippen LogP contribution in [-0.4, -0.2) is 51.5 Å². The van der Waals surface area contributed by atoms with E-state index in [2.05, 4.69) is 31.0 Å². The summed E-state index contributed by atoms with van der Waals surface area (Å²) in [6, 6.07) is 5.97. The first-order valence-electron chi connectivity index (χ1n) is 10.3. The Labute approximate surface area is 207 Å². The number of nitrogens with one attached hydrogen (secondary N) is 3. The third-order valence-electron chi connectivity index (χ3n) is 4.26. The topological polar surface area (TPSA) is 105 Å². The number of carbonyl (C=O) groups is 1. The number of halogens is 1. The van der Waals surface area contributed by atoms with Crippen LogP contribution in [0.25, 0.3) is 5.82 Å². The first-order valence-corrected chi connectivity index (χ1v) is 10.3. The second-order valence-electron chi connectivity index (χ2n) is 9.15. The molecule has 0 spiro atoms. The van der Waals surface area contributed by atoms with Crippen molar-refractivity contribution < 1.29 is 9.53 Å². The van der Waals surface area contributed by atoms with Gasteiger partial charge in [-0.1, -0.05) is 6.07 Å². The fourth-order valence-electron chi connectivity index (χ4n) is 2.84. The summed E-state index contributed by atoms with van der Waals surface area (Å²) in [6.07, 6.45) is 1.37. The molecule has 0 radical (unpaired) electrons. The summed E-state index contributed by atoms with van der Waals surface area (Å²) in [7, 11) is 1.70. The minimum absolute atomic E-state index is 0. The first-order chi connectivity index (χ1) is 14.4. The highest BCUT2D eigenvalue weighted by Crippen LogP contribution is 2.11. The molecule has 2 aromatic heterocycles. The highest BCUT2D eigenvalue weighted by molar-refractivity contribution is 14.0. The molecule has 0 saturated carbocycles. The molecule has 32 heavy (non-hydrogen) atoms. The van der Waals surface area contributed by atoms with E-state index in [1.54, 1.807) is 7.05 Å². The van der Waals surface area contributed by atoms with E-state index in [0.717, 1.165) is 22.8 Å². The van der Waals surface area contributed by atoms with Gasteiger partial charge in [0.2, 0.25) is 0 Å². The molecule has 3 N–H and O–H groups in total. The van der Waals surface area contributed by atoms with Crippen molar-refractivity contribution in [1.29, 1.82) is 0 Å². The van der Waals surface area contributed by atoms with Crippen LogP contribution in [0.1, 0.15) is 51.6 Å². The number of ether oxygens (including phenoxy) is 1. The van der Waals surface area contributed by atoms with E-state index >= 15 is 0 Å². The monoisotopic (exact) mass is 557 g/mol. The normalized spacial score (nSPS) is 12.1. The fraction of sp³-hybridized carbons (Fsp3) is 0.545. The summed E-state index contributed by atoms with van der Waals surface area (Å²) in [5, 5.41) is 13.8. The lowest BCUT2D eigenvalue weighted by Crippen LogP contribution is -2.54. The number of alkyl carbamates (subject to hydrolysis) is 1. The maximum Gasteiger partial charge on any atom is 0.408 e. The molecule has 0 aliphatic heterocycles. The number of aromatic nitrogens is 3. The van der Waals surface area contributed by atoms with Crippen LogP contribution in [0.3, 0.4) is 0 Å². The van der Waals surface area contributed by atoms with Crippen molar-refractivity contribution in [2.75, 3.05) is 13.6 Å². The van der Waals surface area contributed by atoms with Gasteiger partial charge >= 0.3 is 6.09 Å². The lowest BCUT2D eigenvalue weighted by molar-refractivity contribution is 0.0474. The fourth-order valence-corrected chi connectivity index (χ4v) is 2.84. The van der Waals surface area contributed by atoms with Gasteiger partial charge in [0, 0.05) is 32.0 Å². The number of carbonyl (C=O) groups excluding carboxylic acids is 1. The SMILES string of the molecule is CN=C(NCc1ccc(-n2nc(C)cc2C)nc1)NCC(C)(C)NC(=O)OC(C)(C)C.I. The highest BCUT2D eigenvalue weighted by Gasteiger charge is 2.24. The highest BCUT2D eigenvalue weighted by atomic mass is 127. The van der Waals surface area contributed by atoms with Gasteiger partial charge in [0.25, 0.3) is 0 Å². The standard InChI is InChI=1S/C22H35N7O2.HI/c1-15-11-16(2)29(28-15)18-10-9-17(12-24-18)13-25-19(23-8)26-14-22(6,7)27-20(30)31-21(3,4)5;/h9-12H,13-14H2,1-8H3,(H,27,30)(H2,23,25,26);1H. The number of hydrogen-bond acceptors (Lipinski definition) is 5. The van der Waals surface area contributed by atoms with E-state index in [1.165, 1.54) is 0 Å². The van der Waals surface area contributed by atoms with E-state index in [9.17, 15) is 4.79 Å². The molecule has 0 fully saturated rings. The van der Waals surface area contributed by atoms with Crippen molar-refractivity contribution in [2.24, 2.45) is 4.99 Å². The third kappa shape index (κ3) is 9.01. The third-order valence-corrected chi connectivity index (χ3v) is 4.26. The first kappa shape index (κ1) is 27.7. The Hall–Kier alpha value is -2.37. The van der Waals surface area contributed by atoms with Gasteiger partial charge in [-0.15, -0.1) is 24.0 Å². The van der Waals surface area contributed by atoms with Crippen molar-refractivity contribution in [3.8, 4) is 5.82 Å². The molecule has 9 nitrogen and oxygen atoms in total. The van der Waals surface area contributed by atoms with Gasteiger partial charge in [0.05, 0.1) is 11.2 Å². The summed E-state index contributed by atoms with van der Waals surface area (Å²) < 4.78 is 7.15. The van der Waals surface area contributed by atoms with Crippen molar-refractivity contribution in [3.63, 3.8) is 0 Å². The molecule has 2 heterocycles. The number of pyridine rings is 1. The number of aliphatic imine (C=N–C) groups is 1. The van der Waals surface area contributed by atoms with Crippen LogP contribution in [0.4, 0.5) is 4.79 Å². The molecule has 0 atom stereocenters. The minimum atomic E-state index is -0.538. The molecular weight excluding hydrogens is 521 g/mol. The Kier molecular flexibility index (Phi) is 9.93. The van der Waals surface area contributed by atoms with Crippen LogP contribution in [-0.2, 0) is 11.3 Å². The summed E-state index contributed by atoms with van der Waals surface area (Å²) in [5.74, 6) is 1.41. The van der Waals surface area contributed by atoms with Crippen molar-refractivity contribution in [3.05, 3.63) is 41.3 Å². The minimum Gasteiger partial charge on any atom is -0.444 e. The van der Waals surface area contributed by atoms with Crippen molar-refractivity contribution in [1.82, 2.24) is 30.7 Å². The quantitative estimate of drug-likeness (QED) is 0.286. The van der Waals surface area contributed by atoms with Crippen LogP contribution in [0, 0.1) is 13.8 Å². The van der Waals surface area contributed by atoms with Crippen LogP contribution >= 0.6 is 24.0 Å². The van der Waals surface area contributed by atoms with Crippen LogP contribution in [0.2, 0.25) is 0 Å². The van der Waals surface area contributed by atoms with Crippen LogP contribution in [0.5, 0.6) is 0 Å². The van der Waals surface area contributed by atoms with E-state index in [1.807, 2.05) is 77.5 Å². The van der Waals surface area contributed by atoms with Gasteiger partial charge in [-0.05, 0) is 66.2 Å². The van der Waals surface area contributed by atoms with E-state index in [4.69, 9.17) is 4.74 Å². The second kappa shape index (κ2) is 11.5. The zero-order valence-corrected chi connectivity index (χ0v) is 22.6. The van der Waals surface area contributed by atoms with Gasteiger partial charge in [-0.3, -0.25) is 4.99 Å². The maximum absolute atomic E-state index is 12.0. The van der Waals surface area contributed by atoms with E-state index in [0.29, 0.717) is 19.0 Å². The number of rotatable bonds is 6. The molecule has 2 aromatic rings. The molecule has 2 rings (SSSR count). The molecular formula is C22H36IN7O2. The lowest BCUT2D eigenvalue weighted by Gasteiger charge is -2.29. The lowest BCUT2D eigenvalue weighted by atomic mass is 10.1. The molecule has 0 bridgehead atoms. The molecule has 0 aromatic carbocycles. The van der Waals surface area contributed by atoms with Crippen LogP contribution < -0.4 is 16.0 Å². The predicted molar refractivity (Wildman–Crippen MR) is 138 cm³/mol.